The Hall–Kier alpha value is -9.33. The second-order valence-electron chi connectivity index (χ2n) is 44.3. The first-order chi connectivity index (χ1) is 65.3. The highest BCUT2D eigenvalue weighted by Crippen LogP contribution is 2.51. The zero-order valence-electron chi connectivity index (χ0n) is 91.3. The number of ether oxygens (including phenoxy) is 1. The van der Waals surface area contributed by atoms with E-state index in [0.717, 1.165) is 68.9 Å². The minimum atomic E-state index is -0.554. The Morgan fingerprint density at radius 2 is 0.667 bits per heavy atom. The molecule has 4 unspecified atom stereocenters. The maximum atomic E-state index is 11.5. The number of nitrogens with zero attached hydrogens (tertiary/aromatic N) is 3. The first-order valence-electron chi connectivity index (χ1n) is 51.9. The van der Waals surface area contributed by atoms with Crippen molar-refractivity contribution in [1.29, 1.82) is 0 Å². The molecule has 10 nitrogen and oxygen atoms in total. The van der Waals surface area contributed by atoms with Gasteiger partial charge in [0, 0.05) is 54.6 Å². The Morgan fingerprint density at radius 3 is 0.971 bits per heavy atom. The zero-order chi connectivity index (χ0) is 102. The first-order valence-corrected chi connectivity index (χ1v) is 51.9. The molecule has 0 bridgehead atoms. The van der Waals surface area contributed by atoms with Gasteiger partial charge in [0.15, 0.2) is 38.2 Å². The third-order valence-electron chi connectivity index (χ3n) is 29.5. The Balaban J connectivity index is 0.000000279. The Kier molecular flexibility index (Phi) is 46.2. The van der Waals surface area contributed by atoms with E-state index in [1.165, 1.54) is 205 Å². The monoisotopic (exact) mass is 1870 g/mol. The molecule has 748 valence electrons. The summed E-state index contributed by atoms with van der Waals surface area (Å²) in [5.74, 6) is 0. The number of aliphatic hydroxyl groups excluding tert-OH is 4. The van der Waals surface area contributed by atoms with Gasteiger partial charge in [0.25, 0.3) is 0 Å². The molecule has 6 aliphatic carbocycles. The fraction of sp³-hybridized carbons (Fsp3) is 0.492. The molecule has 0 aromatic carbocycles. The second-order valence-corrected chi connectivity index (χ2v) is 44.3. The molecule has 4 heterocycles. The lowest BCUT2D eigenvalue weighted by Gasteiger charge is -2.40. The molecule has 3 aromatic rings. The predicted octanol–water partition coefficient (Wildman–Crippen LogP) is 30.2. The lowest BCUT2D eigenvalue weighted by atomic mass is 9.69. The lowest BCUT2D eigenvalue weighted by molar-refractivity contribution is -0.700. The van der Waals surface area contributed by atoms with Gasteiger partial charge in [0.05, 0.1) is 12.1 Å². The van der Waals surface area contributed by atoms with E-state index < -0.39 is 6.10 Å². The summed E-state index contributed by atoms with van der Waals surface area (Å²) < 4.78 is 12.5. The smallest absolute Gasteiger partial charge is 0.206 e. The van der Waals surface area contributed by atoms with Crippen LogP contribution in [0.3, 0.4) is 0 Å². The predicted molar refractivity (Wildman–Crippen MR) is 595 cm³/mol. The molecular weight excluding hydrogens is 1690 g/mol. The Labute approximate surface area is 839 Å². The van der Waals surface area contributed by atoms with Gasteiger partial charge in [0.1, 0.15) is 32.0 Å². The van der Waals surface area contributed by atoms with Crippen molar-refractivity contribution >= 4 is 36.5 Å². The molecule has 0 amide bonds. The quantitative estimate of drug-likeness (QED) is 0.0149. The molecule has 0 spiro atoms. The highest BCUT2D eigenvalue weighted by molar-refractivity contribution is 5.61. The maximum Gasteiger partial charge on any atom is 0.206 e. The van der Waals surface area contributed by atoms with E-state index in [9.17, 15) is 20.4 Å². The Morgan fingerprint density at radius 1 is 0.377 bits per heavy atom. The minimum absolute atomic E-state index is 0.00749. The van der Waals surface area contributed by atoms with Crippen LogP contribution in [0.1, 0.15) is 336 Å². The van der Waals surface area contributed by atoms with Crippen molar-refractivity contribution in [2.75, 3.05) is 33.9 Å². The van der Waals surface area contributed by atoms with E-state index in [1.807, 2.05) is 13.2 Å². The third-order valence-corrected chi connectivity index (χ3v) is 29.5. The SMILES string of the molecule is CC1=C(/C=C/C(C)=C/C=C/C(C)=C/c2cc(/C=C/C=C(C)/C=C/C3=C(C)CCCC3(C)C)cc[n+]2CCO)C(C)(C)CCC1.CC1=C(/C=C/C(C)=C/C=C/C(C)=C/c2cc(/C=C/C=C(\C)C3OC3C3=C(C)CCCC3(C)C)cc[n+]2CCO)C(C)(C)CCC1.CN.CNC(/C(C)=C/C=C/c1cc[n+](CCO)c(/C=C(C)/C=C/C=C(C)/C=C/C2=C(C)CCCC2(C)C)c1)C(O)C1=C(C)CCCC1(C)C. The first kappa shape index (κ1) is 116. The van der Waals surface area contributed by atoms with Gasteiger partial charge in [-0.15, -0.1) is 0 Å². The van der Waals surface area contributed by atoms with Crippen LogP contribution >= 0.6 is 0 Å². The largest absolute Gasteiger partial charge is 0.390 e. The van der Waals surface area contributed by atoms with Gasteiger partial charge < -0.3 is 36.2 Å². The average molecular weight is 1870 g/mol. The fourth-order valence-electron chi connectivity index (χ4n) is 21.5. The number of aliphatic hydroxyl groups is 4. The molecule has 0 radical (unpaired) electrons. The number of hydrogen-bond acceptors (Lipinski definition) is 7. The van der Waals surface area contributed by atoms with E-state index in [-0.39, 0.29) is 70.6 Å². The number of nitrogens with one attached hydrogen (secondary N) is 1. The van der Waals surface area contributed by atoms with Crippen molar-refractivity contribution in [2.45, 2.75) is 347 Å². The van der Waals surface area contributed by atoms with Crippen LogP contribution in [0.15, 0.2) is 312 Å². The van der Waals surface area contributed by atoms with Crippen LogP contribution in [0, 0.1) is 32.5 Å². The summed E-state index contributed by atoms with van der Waals surface area (Å²) in [5, 5.41) is 43.8. The van der Waals surface area contributed by atoms with Crippen molar-refractivity contribution in [2.24, 2.45) is 38.2 Å². The molecule has 10 heteroatoms. The molecule has 0 saturated carbocycles. The molecule has 4 atom stereocenters. The van der Waals surface area contributed by atoms with Gasteiger partial charge in [0.2, 0.25) is 17.1 Å². The van der Waals surface area contributed by atoms with E-state index in [1.54, 1.807) is 0 Å². The van der Waals surface area contributed by atoms with Crippen molar-refractivity contribution in [3.63, 3.8) is 0 Å². The summed E-state index contributed by atoms with van der Waals surface area (Å²) in [6, 6.07) is 12.7. The van der Waals surface area contributed by atoms with Gasteiger partial charge in [-0.3, -0.25) is 0 Å². The zero-order valence-corrected chi connectivity index (χ0v) is 91.3. The number of pyridine rings is 3. The normalized spacial score (nSPS) is 21.7. The van der Waals surface area contributed by atoms with Gasteiger partial charge in [-0.1, -0.05) is 302 Å². The van der Waals surface area contributed by atoms with Gasteiger partial charge in [-0.25, -0.2) is 0 Å². The standard InChI is InChI=1S/C43H63N2O2.C42H58NO2.C42H58NO.CH5N/c1-31(21-22-38-33(3)18-13-24-42(38,6)7)15-11-16-32(2)29-37-30-36(23-26-45(37)27-28-46)20-12-17-35(5)40(44-10)41(47)39-34(4)19-14-25-43(39,8)9;1-30(20-21-37-32(3)17-12-23-41(37,6)7)14-10-15-31(2)28-36-29-35(22-25-43(36)26-27-44)19-11-16-34(5)39-40(45-39)38-33(4)18-13-24-42(38,8)9;1-32(20-22-39-35(4)17-12-25-41(39,6)7)14-10-16-34(3)30-38-31-37(24-27-43(38)28-29-44)19-11-15-33(2)21-23-40-36(5)18-13-26-42(40,8)9;1-2/h11-12,15-17,20-23,26,29-30,40-41,44,46-47H,13-14,18-19,24-25,27-28H2,1-10H3;10-11,14-16,19-22,25,28-29,39-40,44H,12-13,17-18,23-24,26-27H2,1-9H3;10-11,14-16,19-24,27,30-31,44H,12-13,17-18,25-26,28-29H2,1-9H3;2H2,1H3/q3*+1;/b16-11+,20-12+,22-21+,31-15+,32-29+,35-17+;15-10+,19-11+,21-20+,30-14+,31-28+,34-16+;16-10+,19-11+,22-20+,23-21+,32-14+,33-15+,34-30+;. The number of epoxide rings is 1. The number of rotatable bonds is 35. The third kappa shape index (κ3) is 35.7. The summed E-state index contributed by atoms with van der Waals surface area (Å²) in [6.07, 6.45) is 91.6. The number of likely N-dealkylation sites (N-methyl/N-ethyl adjacent to an activating group) is 1. The number of aromatic nitrogens is 3. The highest BCUT2D eigenvalue weighted by atomic mass is 16.6. The minimum Gasteiger partial charge on any atom is -0.390 e. The van der Waals surface area contributed by atoms with Crippen molar-refractivity contribution in [3.05, 3.63) is 346 Å². The maximum absolute atomic E-state index is 11.5. The number of allylic oxidation sites excluding steroid dienone is 40. The average Bonchev–Trinajstić information content (AvgIpc) is 1.59. The molecule has 138 heavy (non-hydrogen) atoms. The molecular formula is C128H184N5O5+3. The van der Waals surface area contributed by atoms with Crippen molar-refractivity contribution in [3.8, 4) is 0 Å². The molecule has 10 rings (SSSR count). The number of hydrogen-bond donors (Lipinski definition) is 6. The lowest BCUT2D eigenvalue weighted by Crippen LogP contribution is -2.44. The molecule has 7 aliphatic rings. The van der Waals surface area contributed by atoms with E-state index >= 15 is 0 Å². The molecule has 1 saturated heterocycles. The summed E-state index contributed by atoms with van der Waals surface area (Å²) in [7, 11) is 3.43. The van der Waals surface area contributed by atoms with Crippen LogP contribution in [0.4, 0.5) is 0 Å². The summed E-state index contributed by atoms with van der Waals surface area (Å²) >= 11 is 0. The van der Waals surface area contributed by atoms with Crippen LogP contribution in [-0.2, 0) is 24.4 Å². The van der Waals surface area contributed by atoms with Crippen LogP contribution in [-0.4, -0.2) is 78.7 Å². The summed E-state index contributed by atoms with van der Waals surface area (Å²) in [5.41, 5.74) is 40.7. The van der Waals surface area contributed by atoms with E-state index in [4.69, 9.17) is 4.74 Å². The molecule has 1 fully saturated rings. The van der Waals surface area contributed by atoms with Crippen molar-refractivity contribution < 1.29 is 38.9 Å². The van der Waals surface area contributed by atoms with Crippen LogP contribution < -0.4 is 24.8 Å². The van der Waals surface area contributed by atoms with E-state index in [2.05, 4.69) is 437 Å². The summed E-state index contributed by atoms with van der Waals surface area (Å²) in [4.78, 5) is 0. The number of nitrogens with two attached hydrogens (primary N) is 1. The van der Waals surface area contributed by atoms with Crippen LogP contribution in [0.5, 0.6) is 0 Å². The molecule has 1 aliphatic heterocycles. The van der Waals surface area contributed by atoms with Gasteiger partial charge >= 0.3 is 0 Å². The highest BCUT2D eigenvalue weighted by Gasteiger charge is 2.49. The van der Waals surface area contributed by atoms with Gasteiger partial charge in [-0.2, -0.15) is 13.7 Å². The molecule has 7 N–H and O–H groups in total. The van der Waals surface area contributed by atoms with Crippen LogP contribution in [0.25, 0.3) is 36.5 Å². The second kappa shape index (κ2) is 55.2. The van der Waals surface area contributed by atoms with E-state index in [0.29, 0.717) is 19.6 Å². The fourth-order valence-corrected chi connectivity index (χ4v) is 21.5. The topological polar surface area (TPSA) is 143 Å². The van der Waals surface area contributed by atoms with Gasteiger partial charge in [-0.05, 0) is 338 Å². The van der Waals surface area contributed by atoms with Crippen molar-refractivity contribution in [1.82, 2.24) is 5.32 Å². The summed E-state index contributed by atoms with van der Waals surface area (Å²) in [6.45, 7) is 63.0. The Bertz CT molecular complexity index is 5490. The van der Waals surface area contributed by atoms with Crippen LogP contribution in [0.2, 0.25) is 0 Å². The molecule has 3 aromatic heterocycles.